The van der Waals surface area contributed by atoms with Gasteiger partial charge in [-0.05, 0) is 30.3 Å². The SMILES string of the molecule is O=C(NCc1cccnc1Oc1cccc(F)c1)c1ccc[nH]c1=S. The Morgan fingerprint density at radius 1 is 1.24 bits per heavy atom. The quantitative estimate of drug-likeness (QED) is 0.679. The normalized spacial score (nSPS) is 10.3. The van der Waals surface area contributed by atoms with Gasteiger partial charge in [0.1, 0.15) is 16.2 Å². The molecule has 7 heteroatoms. The number of carbonyl (C=O) groups is 1. The van der Waals surface area contributed by atoms with Crippen molar-refractivity contribution in [2.75, 3.05) is 0 Å². The number of hydrogen-bond acceptors (Lipinski definition) is 4. The number of benzene rings is 1. The Morgan fingerprint density at radius 3 is 2.92 bits per heavy atom. The lowest BCUT2D eigenvalue weighted by atomic mass is 10.2. The third-order valence-corrected chi connectivity index (χ3v) is 3.70. The van der Waals surface area contributed by atoms with Crippen LogP contribution in [-0.4, -0.2) is 15.9 Å². The summed E-state index contributed by atoms with van der Waals surface area (Å²) in [5, 5.41) is 2.77. The average Bonchev–Trinajstić information content (AvgIpc) is 2.61. The van der Waals surface area contributed by atoms with E-state index in [9.17, 15) is 9.18 Å². The molecule has 0 aliphatic carbocycles. The molecule has 3 aromatic rings. The zero-order valence-corrected chi connectivity index (χ0v) is 13.8. The largest absolute Gasteiger partial charge is 0.439 e. The Hall–Kier alpha value is -3.06. The minimum absolute atomic E-state index is 0.195. The fraction of sp³-hybridized carbons (Fsp3) is 0.0556. The van der Waals surface area contributed by atoms with E-state index >= 15 is 0 Å². The third kappa shape index (κ3) is 4.27. The van der Waals surface area contributed by atoms with Gasteiger partial charge in [-0.1, -0.05) is 24.4 Å². The molecule has 0 atom stereocenters. The number of carbonyl (C=O) groups excluding carboxylic acids is 1. The highest BCUT2D eigenvalue weighted by molar-refractivity contribution is 7.71. The highest BCUT2D eigenvalue weighted by Crippen LogP contribution is 2.23. The van der Waals surface area contributed by atoms with Crippen LogP contribution in [-0.2, 0) is 6.54 Å². The number of nitrogens with zero attached hydrogens (tertiary/aromatic N) is 1. The van der Waals surface area contributed by atoms with E-state index in [4.69, 9.17) is 17.0 Å². The van der Waals surface area contributed by atoms with E-state index in [1.807, 2.05) is 0 Å². The molecule has 0 saturated carbocycles. The molecule has 0 radical (unpaired) electrons. The number of hydrogen-bond donors (Lipinski definition) is 2. The van der Waals surface area contributed by atoms with Crippen molar-refractivity contribution in [3.8, 4) is 11.6 Å². The molecular formula is C18H14FN3O2S. The van der Waals surface area contributed by atoms with Crippen LogP contribution in [0.5, 0.6) is 11.6 Å². The number of halogens is 1. The van der Waals surface area contributed by atoms with E-state index in [1.165, 1.54) is 12.1 Å². The highest BCUT2D eigenvalue weighted by Gasteiger charge is 2.11. The van der Waals surface area contributed by atoms with Gasteiger partial charge in [-0.15, -0.1) is 0 Å². The summed E-state index contributed by atoms with van der Waals surface area (Å²) in [6, 6.07) is 12.6. The number of ether oxygens (including phenoxy) is 1. The molecule has 5 nitrogen and oxygen atoms in total. The minimum atomic E-state index is -0.401. The molecule has 3 rings (SSSR count). The van der Waals surface area contributed by atoms with Gasteiger partial charge in [0.25, 0.3) is 5.91 Å². The Bertz CT molecular complexity index is 959. The van der Waals surface area contributed by atoms with E-state index in [0.717, 1.165) is 0 Å². The van der Waals surface area contributed by atoms with Crippen molar-refractivity contribution in [3.63, 3.8) is 0 Å². The highest BCUT2D eigenvalue weighted by atomic mass is 32.1. The van der Waals surface area contributed by atoms with E-state index < -0.39 is 5.82 Å². The summed E-state index contributed by atoms with van der Waals surface area (Å²) in [6.45, 7) is 0.195. The molecule has 126 valence electrons. The number of amides is 1. The zero-order valence-electron chi connectivity index (χ0n) is 13.0. The summed E-state index contributed by atoms with van der Waals surface area (Å²) in [6.07, 6.45) is 3.22. The van der Waals surface area contributed by atoms with Gasteiger partial charge in [0.15, 0.2) is 0 Å². The molecule has 0 bridgehead atoms. The topological polar surface area (TPSA) is 67.0 Å². The third-order valence-electron chi connectivity index (χ3n) is 3.36. The summed E-state index contributed by atoms with van der Waals surface area (Å²) in [7, 11) is 0. The van der Waals surface area contributed by atoms with Crippen LogP contribution in [0.4, 0.5) is 4.39 Å². The summed E-state index contributed by atoms with van der Waals surface area (Å²) >= 11 is 5.09. The van der Waals surface area contributed by atoms with Crippen molar-refractivity contribution < 1.29 is 13.9 Å². The summed E-state index contributed by atoms with van der Waals surface area (Å²) in [5.41, 5.74) is 1.04. The number of aromatic amines is 1. The molecule has 2 heterocycles. The van der Waals surface area contributed by atoms with Crippen LogP contribution in [0.1, 0.15) is 15.9 Å². The maximum Gasteiger partial charge on any atom is 0.254 e. The van der Waals surface area contributed by atoms with Crippen LogP contribution in [0.15, 0.2) is 60.9 Å². The van der Waals surface area contributed by atoms with Crippen LogP contribution >= 0.6 is 12.2 Å². The van der Waals surface area contributed by atoms with E-state index in [1.54, 1.807) is 48.8 Å². The summed E-state index contributed by atoms with van der Waals surface area (Å²) in [5.74, 6) is -0.0765. The number of H-pyrrole nitrogens is 1. The lowest BCUT2D eigenvalue weighted by molar-refractivity contribution is 0.0950. The Labute approximate surface area is 148 Å². The van der Waals surface area contributed by atoms with Gasteiger partial charge in [-0.3, -0.25) is 4.79 Å². The molecule has 0 aliphatic rings. The fourth-order valence-electron chi connectivity index (χ4n) is 2.16. The van der Waals surface area contributed by atoms with Crippen LogP contribution in [0, 0.1) is 10.5 Å². The van der Waals surface area contributed by atoms with Crippen molar-refractivity contribution >= 4 is 18.1 Å². The number of rotatable bonds is 5. The number of aromatic nitrogens is 2. The molecule has 0 spiro atoms. The monoisotopic (exact) mass is 355 g/mol. The average molecular weight is 355 g/mol. The molecule has 25 heavy (non-hydrogen) atoms. The number of pyridine rings is 2. The van der Waals surface area contributed by atoms with Gasteiger partial charge >= 0.3 is 0 Å². The van der Waals surface area contributed by atoms with Crippen LogP contribution in [0.2, 0.25) is 0 Å². The van der Waals surface area contributed by atoms with E-state index in [0.29, 0.717) is 27.4 Å². The molecule has 0 unspecified atom stereocenters. The van der Waals surface area contributed by atoms with Gasteiger partial charge < -0.3 is 15.0 Å². The first-order chi connectivity index (χ1) is 12.1. The second-order valence-electron chi connectivity index (χ2n) is 5.12. The van der Waals surface area contributed by atoms with E-state index in [2.05, 4.69) is 15.3 Å². The molecule has 2 aromatic heterocycles. The zero-order chi connectivity index (χ0) is 17.6. The van der Waals surface area contributed by atoms with Crippen LogP contribution < -0.4 is 10.1 Å². The Balaban J connectivity index is 1.74. The Morgan fingerprint density at radius 2 is 2.12 bits per heavy atom. The van der Waals surface area contributed by atoms with Gasteiger partial charge in [0, 0.05) is 30.6 Å². The van der Waals surface area contributed by atoms with Gasteiger partial charge in [0.2, 0.25) is 5.88 Å². The molecule has 1 amide bonds. The first-order valence-electron chi connectivity index (χ1n) is 7.47. The molecule has 2 N–H and O–H groups in total. The summed E-state index contributed by atoms with van der Waals surface area (Å²) in [4.78, 5) is 19.2. The predicted molar refractivity (Wildman–Crippen MR) is 93.5 cm³/mol. The van der Waals surface area contributed by atoms with Crippen molar-refractivity contribution in [1.29, 1.82) is 0 Å². The molecule has 0 aliphatic heterocycles. The van der Waals surface area contributed by atoms with Crippen LogP contribution in [0.25, 0.3) is 0 Å². The lowest BCUT2D eigenvalue weighted by Crippen LogP contribution is -2.23. The maximum absolute atomic E-state index is 13.3. The Kier molecular flexibility index (Phi) is 5.15. The second-order valence-corrected chi connectivity index (χ2v) is 5.53. The minimum Gasteiger partial charge on any atom is -0.439 e. The summed E-state index contributed by atoms with van der Waals surface area (Å²) < 4.78 is 19.3. The first-order valence-corrected chi connectivity index (χ1v) is 7.87. The molecular weight excluding hydrogens is 341 g/mol. The number of nitrogens with one attached hydrogen (secondary N) is 2. The smallest absolute Gasteiger partial charge is 0.254 e. The predicted octanol–water partition coefficient (Wildman–Crippen LogP) is 4.00. The van der Waals surface area contributed by atoms with Crippen molar-refractivity contribution in [3.05, 3.63) is 82.5 Å². The van der Waals surface area contributed by atoms with Crippen molar-refractivity contribution in [2.24, 2.45) is 0 Å². The van der Waals surface area contributed by atoms with Gasteiger partial charge in [0.05, 0.1) is 5.56 Å². The van der Waals surface area contributed by atoms with Crippen LogP contribution in [0.3, 0.4) is 0 Å². The standard InChI is InChI=1S/C18H14FN3O2S/c19-13-5-1-6-14(10-13)24-17-12(4-2-8-20-17)11-22-16(23)15-7-3-9-21-18(15)25/h1-10H,11H2,(H,21,25)(H,22,23). The second kappa shape index (κ2) is 7.67. The molecule has 0 fully saturated rings. The molecule has 1 aromatic carbocycles. The van der Waals surface area contributed by atoms with Crippen molar-refractivity contribution in [2.45, 2.75) is 6.54 Å². The molecule has 0 saturated heterocycles. The van der Waals surface area contributed by atoms with Gasteiger partial charge in [-0.25, -0.2) is 9.37 Å². The van der Waals surface area contributed by atoms with Crippen molar-refractivity contribution in [1.82, 2.24) is 15.3 Å². The first kappa shape index (κ1) is 16.8. The maximum atomic E-state index is 13.3. The van der Waals surface area contributed by atoms with E-state index in [-0.39, 0.29) is 12.5 Å². The fourth-order valence-corrected chi connectivity index (χ4v) is 2.39. The van der Waals surface area contributed by atoms with Gasteiger partial charge in [-0.2, -0.15) is 0 Å². The lowest BCUT2D eigenvalue weighted by Gasteiger charge is -2.11.